The molecule has 154 valence electrons. The number of carbonyl (C=O) groups excluding carboxylic acids is 2. The molecule has 1 aliphatic heterocycles. The number of amidine groups is 1. The molecular formula is C19H17N5O5S. The molecule has 2 aromatic rings. The predicted molar refractivity (Wildman–Crippen MR) is 114 cm³/mol. The molecule has 1 saturated heterocycles. The topological polar surface area (TPSA) is 140 Å². The van der Waals surface area contributed by atoms with E-state index < -0.39 is 16.1 Å². The third-order valence-corrected chi connectivity index (χ3v) is 5.16. The molecule has 1 heterocycles. The molecule has 1 atom stereocenters. The van der Waals surface area contributed by atoms with E-state index in [0.29, 0.717) is 11.4 Å². The molecule has 0 bridgehead atoms. The molecule has 30 heavy (non-hydrogen) atoms. The number of nitro groups is 1. The van der Waals surface area contributed by atoms with Crippen LogP contribution in [0.25, 0.3) is 0 Å². The lowest BCUT2D eigenvalue weighted by molar-refractivity contribution is -0.385. The number of thioether (sulfide) groups is 1. The van der Waals surface area contributed by atoms with E-state index in [1.807, 2.05) is 0 Å². The van der Waals surface area contributed by atoms with Crippen LogP contribution in [-0.2, 0) is 9.59 Å². The number of amides is 2. The summed E-state index contributed by atoms with van der Waals surface area (Å²) < 4.78 is 5.07. The molecule has 10 nitrogen and oxygen atoms in total. The lowest BCUT2D eigenvalue weighted by Gasteiger charge is -2.15. The zero-order chi connectivity index (χ0) is 21.7. The normalized spacial score (nSPS) is 17.0. The van der Waals surface area contributed by atoms with Crippen LogP contribution in [0.3, 0.4) is 0 Å². The van der Waals surface area contributed by atoms with E-state index in [2.05, 4.69) is 10.2 Å². The van der Waals surface area contributed by atoms with Crippen molar-refractivity contribution in [3.63, 3.8) is 0 Å². The number of imide groups is 1. The zero-order valence-corrected chi connectivity index (χ0v) is 16.6. The van der Waals surface area contributed by atoms with Crippen molar-refractivity contribution in [1.82, 2.24) is 0 Å². The Morgan fingerprint density at radius 3 is 2.63 bits per heavy atom. The van der Waals surface area contributed by atoms with E-state index in [9.17, 15) is 19.7 Å². The molecule has 0 unspecified atom stereocenters. The number of para-hydroxylation sites is 1. The lowest BCUT2D eigenvalue weighted by atomic mass is 10.2. The Hall–Kier alpha value is -3.73. The summed E-state index contributed by atoms with van der Waals surface area (Å²) in [6.45, 7) is 0. The highest BCUT2D eigenvalue weighted by atomic mass is 32.2. The van der Waals surface area contributed by atoms with Crippen molar-refractivity contribution in [1.29, 1.82) is 0 Å². The summed E-state index contributed by atoms with van der Waals surface area (Å²) in [5.74, 6) is -0.147. The summed E-state index contributed by atoms with van der Waals surface area (Å²) in [6.07, 6.45) is 1.18. The summed E-state index contributed by atoms with van der Waals surface area (Å²) in [4.78, 5) is 36.5. The molecule has 3 rings (SSSR count). The monoisotopic (exact) mass is 427 g/mol. The van der Waals surface area contributed by atoms with Gasteiger partial charge in [0.05, 0.1) is 29.5 Å². The van der Waals surface area contributed by atoms with Gasteiger partial charge in [-0.05, 0) is 30.3 Å². The van der Waals surface area contributed by atoms with Crippen molar-refractivity contribution in [2.75, 3.05) is 12.0 Å². The number of carbonyl (C=O) groups is 2. The zero-order valence-electron chi connectivity index (χ0n) is 15.8. The highest BCUT2D eigenvalue weighted by Gasteiger charge is 2.40. The van der Waals surface area contributed by atoms with Gasteiger partial charge in [0, 0.05) is 12.5 Å². The van der Waals surface area contributed by atoms with E-state index in [1.165, 1.54) is 25.5 Å². The maximum atomic E-state index is 12.7. The number of methoxy groups -OCH3 is 1. The number of benzene rings is 2. The molecule has 1 fully saturated rings. The SMILES string of the molecule is COc1ccc(N2C(=O)C[C@H](SC(N)=N/N=C\c3ccccc3[N+](=O)[O-])C2=O)cc1. The van der Waals surface area contributed by atoms with Crippen molar-refractivity contribution in [3.8, 4) is 5.75 Å². The largest absolute Gasteiger partial charge is 0.497 e. The summed E-state index contributed by atoms with van der Waals surface area (Å²) in [5.41, 5.74) is 6.40. The van der Waals surface area contributed by atoms with Crippen molar-refractivity contribution < 1.29 is 19.2 Å². The molecule has 11 heteroatoms. The first-order valence-electron chi connectivity index (χ1n) is 8.68. The fraction of sp³-hybridized carbons (Fsp3) is 0.158. The van der Waals surface area contributed by atoms with Gasteiger partial charge in [-0.2, -0.15) is 5.10 Å². The maximum Gasteiger partial charge on any atom is 0.278 e. The van der Waals surface area contributed by atoms with Gasteiger partial charge in [0.15, 0.2) is 5.17 Å². The quantitative estimate of drug-likeness (QED) is 0.245. The fourth-order valence-electron chi connectivity index (χ4n) is 2.78. The third kappa shape index (κ3) is 4.63. The van der Waals surface area contributed by atoms with Gasteiger partial charge < -0.3 is 10.5 Å². The first kappa shape index (κ1) is 21.0. The molecule has 2 aromatic carbocycles. The second-order valence-electron chi connectivity index (χ2n) is 6.07. The van der Waals surface area contributed by atoms with Crippen LogP contribution in [0.4, 0.5) is 11.4 Å². The molecule has 0 aromatic heterocycles. The second-order valence-corrected chi connectivity index (χ2v) is 7.30. The number of ether oxygens (including phenoxy) is 1. The number of hydrogen-bond donors (Lipinski definition) is 1. The minimum atomic E-state index is -0.732. The van der Waals surface area contributed by atoms with Crippen LogP contribution in [0, 0.1) is 10.1 Å². The smallest absolute Gasteiger partial charge is 0.278 e. The Kier molecular flexibility index (Phi) is 6.42. The maximum absolute atomic E-state index is 12.7. The molecule has 0 radical (unpaired) electrons. The Balaban J connectivity index is 1.68. The average molecular weight is 427 g/mol. The molecular weight excluding hydrogens is 410 g/mol. The summed E-state index contributed by atoms with van der Waals surface area (Å²) >= 11 is 0.914. The Morgan fingerprint density at radius 2 is 1.97 bits per heavy atom. The number of anilines is 1. The minimum absolute atomic E-state index is 0.0282. The Morgan fingerprint density at radius 1 is 1.27 bits per heavy atom. The van der Waals surface area contributed by atoms with Crippen LogP contribution >= 0.6 is 11.8 Å². The van der Waals surface area contributed by atoms with Crippen LogP contribution in [0.5, 0.6) is 5.75 Å². The van der Waals surface area contributed by atoms with Gasteiger partial charge in [-0.1, -0.05) is 23.9 Å². The number of hydrogen-bond acceptors (Lipinski definition) is 8. The van der Waals surface area contributed by atoms with E-state index in [-0.39, 0.29) is 28.7 Å². The first-order chi connectivity index (χ1) is 14.4. The predicted octanol–water partition coefficient (Wildman–Crippen LogP) is 2.32. The molecule has 0 spiro atoms. The highest BCUT2D eigenvalue weighted by Crippen LogP contribution is 2.30. The molecule has 0 saturated carbocycles. The van der Waals surface area contributed by atoms with Crippen molar-refractivity contribution in [2.24, 2.45) is 15.9 Å². The van der Waals surface area contributed by atoms with Gasteiger partial charge >= 0.3 is 0 Å². The van der Waals surface area contributed by atoms with Gasteiger partial charge in [-0.15, -0.1) is 5.10 Å². The summed E-state index contributed by atoms with van der Waals surface area (Å²) in [5, 5.41) is 17.8. The average Bonchev–Trinajstić information content (AvgIpc) is 3.01. The lowest BCUT2D eigenvalue weighted by Crippen LogP contribution is -2.31. The van der Waals surface area contributed by atoms with E-state index in [1.54, 1.807) is 36.4 Å². The van der Waals surface area contributed by atoms with E-state index in [4.69, 9.17) is 10.5 Å². The van der Waals surface area contributed by atoms with Gasteiger partial charge in [0.1, 0.15) is 11.0 Å². The van der Waals surface area contributed by atoms with Crippen LogP contribution in [-0.4, -0.2) is 40.5 Å². The minimum Gasteiger partial charge on any atom is -0.497 e. The van der Waals surface area contributed by atoms with Crippen molar-refractivity contribution in [3.05, 3.63) is 64.2 Å². The first-order valence-corrected chi connectivity index (χ1v) is 9.56. The van der Waals surface area contributed by atoms with Crippen LogP contribution in [0.2, 0.25) is 0 Å². The standard InChI is InChI=1S/C19H17N5O5S/c1-29-14-8-6-13(7-9-14)23-17(25)10-16(18(23)26)30-19(20)22-21-11-12-4-2-3-5-15(12)24(27)28/h2-9,11,16H,10H2,1H3,(H2,20,22)/b21-11-/t16-/m0/s1. The van der Waals surface area contributed by atoms with Crippen LogP contribution in [0.1, 0.15) is 12.0 Å². The van der Waals surface area contributed by atoms with Crippen molar-refractivity contribution >= 4 is 46.3 Å². The summed E-state index contributed by atoms with van der Waals surface area (Å²) in [6, 6.07) is 12.6. The molecule has 2 N–H and O–H groups in total. The molecule has 1 aliphatic rings. The highest BCUT2D eigenvalue weighted by molar-refractivity contribution is 8.14. The van der Waals surface area contributed by atoms with E-state index >= 15 is 0 Å². The number of rotatable bonds is 6. The van der Waals surface area contributed by atoms with Gasteiger partial charge in [0.25, 0.3) is 5.69 Å². The number of nitrogens with zero attached hydrogens (tertiary/aromatic N) is 4. The Bertz CT molecular complexity index is 1040. The van der Waals surface area contributed by atoms with Crippen LogP contribution < -0.4 is 15.4 Å². The molecule has 0 aliphatic carbocycles. The van der Waals surface area contributed by atoms with Crippen LogP contribution in [0.15, 0.2) is 58.7 Å². The Labute approximate surface area is 175 Å². The van der Waals surface area contributed by atoms with Gasteiger partial charge in [0.2, 0.25) is 11.8 Å². The van der Waals surface area contributed by atoms with Gasteiger partial charge in [-0.3, -0.25) is 19.7 Å². The van der Waals surface area contributed by atoms with Gasteiger partial charge in [-0.25, -0.2) is 4.90 Å². The number of nitro benzene ring substituents is 1. The van der Waals surface area contributed by atoms with E-state index in [0.717, 1.165) is 16.7 Å². The third-order valence-electron chi connectivity index (χ3n) is 4.19. The number of nitrogens with two attached hydrogens (primary N) is 1. The molecule has 2 amide bonds. The van der Waals surface area contributed by atoms with Crippen molar-refractivity contribution in [2.45, 2.75) is 11.7 Å². The second kappa shape index (κ2) is 9.18. The summed E-state index contributed by atoms with van der Waals surface area (Å²) in [7, 11) is 1.52. The fourth-order valence-corrected chi connectivity index (χ4v) is 3.60.